The van der Waals surface area contributed by atoms with Gasteiger partial charge in [0.05, 0.1) is 6.61 Å². The van der Waals surface area contributed by atoms with Crippen molar-refractivity contribution in [2.45, 2.75) is 34.6 Å². The highest BCUT2D eigenvalue weighted by molar-refractivity contribution is 7.80. The number of hydrogen-bond acceptors (Lipinski definition) is 2. The first-order valence-corrected chi connectivity index (χ1v) is 6.91. The number of aryl methyl sites for hydroxylation is 2. The predicted molar refractivity (Wildman–Crippen MR) is 78.3 cm³/mol. The molecule has 0 saturated heterocycles. The van der Waals surface area contributed by atoms with Crippen LogP contribution in [0.1, 0.15) is 30.5 Å². The zero-order chi connectivity index (χ0) is 13.0. The van der Waals surface area contributed by atoms with Crippen molar-refractivity contribution >= 4 is 12.6 Å². The lowest BCUT2D eigenvalue weighted by Gasteiger charge is -2.21. The second kappa shape index (κ2) is 6.34. The van der Waals surface area contributed by atoms with Gasteiger partial charge in [-0.1, -0.05) is 26.0 Å². The molecule has 1 nitrogen and oxygen atoms in total. The molecule has 0 aromatic heterocycles. The number of hydrogen-bond donors (Lipinski definition) is 1. The fourth-order valence-corrected chi connectivity index (χ4v) is 2.32. The van der Waals surface area contributed by atoms with Gasteiger partial charge < -0.3 is 4.74 Å². The van der Waals surface area contributed by atoms with Crippen molar-refractivity contribution < 1.29 is 4.74 Å². The monoisotopic (exact) mass is 252 g/mol. The van der Waals surface area contributed by atoms with Crippen LogP contribution < -0.4 is 4.74 Å². The first-order chi connectivity index (χ1) is 7.97. The predicted octanol–water partition coefficient (Wildman–Crippen LogP) is 4.19. The maximum atomic E-state index is 6.01. The van der Waals surface area contributed by atoms with Crippen LogP contribution in [0.2, 0.25) is 0 Å². The summed E-state index contributed by atoms with van der Waals surface area (Å²) in [6.45, 7) is 11.6. The molecule has 17 heavy (non-hydrogen) atoms. The summed E-state index contributed by atoms with van der Waals surface area (Å²) in [6.07, 6.45) is 0. The Hall–Kier alpha value is -0.630. The maximum Gasteiger partial charge on any atom is 0.125 e. The quantitative estimate of drug-likeness (QED) is 0.773. The topological polar surface area (TPSA) is 9.23 Å². The zero-order valence-corrected chi connectivity index (χ0v) is 12.5. The van der Waals surface area contributed by atoms with E-state index in [0.29, 0.717) is 11.8 Å². The number of benzene rings is 1. The Morgan fingerprint density at radius 2 is 1.71 bits per heavy atom. The second-order valence-corrected chi connectivity index (χ2v) is 5.52. The van der Waals surface area contributed by atoms with Gasteiger partial charge in [0, 0.05) is 5.92 Å². The molecular weight excluding hydrogens is 228 g/mol. The molecule has 0 saturated carbocycles. The van der Waals surface area contributed by atoms with Crippen molar-refractivity contribution in [1.29, 1.82) is 0 Å². The van der Waals surface area contributed by atoms with Crippen LogP contribution in [0.5, 0.6) is 5.75 Å². The molecule has 1 atom stereocenters. The van der Waals surface area contributed by atoms with Gasteiger partial charge in [0.15, 0.2) is 0 Å². The van der Waals surface area contributed by atoms with E-state index in [4.69, 9.17) is 4.74 Å². The lowest BCUT2D eigenvalue weighted by Crippen LogP contribution is -2.20. The van der Waals surface area contributed by atoms with E-state index in [1.165, 1.54) is 16.7 Å². The van der Waals surface area contributed by atoms with Crippen molar-refractivity contribution in [1.82, 2.24) is 0 Å². The fraction of sp³-hybridized carbons (Fsp3) is 0.600. The minimum atomic E-state index is 0.512. The molecule has 0 amide bonds. The summed E-state index contributed by atoms with van der Waals surface area (Å²) < 4.78 is 6.01. The van der Waals surface area contributed by atoms with Gasteiger partial charge in [-0.05, 0) is 49.1 Å². The molecular formula is C15H24OS. The van der Waals surface area contributed by atoms with Gasteiger partial charge in [-0.3, -0.25) is 0 Å². The Balaban J connectivity index is 2.78. The maximum absolute atomic E-state index is 6.01. The Kier molecular flexibility index (Phi) is 5.38. The molecule has 0 bridgehead atoms. The van der Waals surface area contributed by atoms with Gasteiger partial charge in [0.1, 0.15) is 5.75 Å². The average Bonchev–Trinajstić information content (AvgIpc) is 2.28. The lowest BCUT2D eigenvalue weighted by molar-refractivity contribution is 0.224. The minimum absolute atomic E-state index is 0.512. The van der Waals surface area contributed by atoms with Gasteiger partial charge in [0.25, 0.3) is 0 Å². The Morgan fingerprint density at radius 1 is 1.12 bits per heavy atom. The van der Waals surface area contributed by atoms with Crippen molar-refractivity contribution in [3.8, 4) is 5.75 Å². The summed E-state index contributed by atoms with van der Waals surface area (Å²) in [7, 11) is 0. The van der Waals surface area contributed by atoms with E-state index >= 15 is 0 Å². The molecule has 2 heteroatoms. The third-order valence-corrected chi connectivity index (χ3v) is 3.96. The molecule has 1 unspecified atom stereocenters. The van der Waals surface area contributed by atoms with Crippen LogP contribution in [0, 0.1) is 32.6 Å². The molecule has 0 radical (unpaired) electrons. The van der Waals surface area contributed by atoms with Crippen LogP contribution in [0.15, 0.2) is 12.1 Å². The largest absolute Gasteiger partial charge is 0.493 e. The van der Waals surface area contributed by atoms with Gasteiger partial charge in [0.2, 0.25) is 0 Å². The highest BCUT2D eigenvalue weighted by atomic mass is 32.1. The van der Waals surface area contributed by atoms with E-state index in [9.17, 15) is 0 Å². The molecule has 1 aromatic carbocycles. The third kappa shape index (κ3) is 3.67. The van der Waals surface area contributed by atoms with E-state index in [0.717, 1.165) is 18.1 Å². The summed E-state index contributed by atoms with van der Waals surface area (Å²) in [6, 6.07) is 4.28. The van der Waals surface area contributed by atoms with E-state index in [1.807, 2.05) is 0 Å². The molecule has 0 fully saturated rings. The Bertz CT molecular complexity index is 371. The van der Waals surface area contributed by atoms with Crippen molar-refractivity contribution in [2.75, 3.05) is 12.4 Å². The van der Waals surface area contributed by atoms with Crippen LogP contribution in [0.3, 0.4) is 0 Å². The minimum Gasteiger partial charge on any atom is -0.493 e. The van der Waals surface area contributed by atoms with Crippen molar-refractivity contribution in [2.24, 2.45) is 11.8 Å². The first-order valence-electron chi connectivity index (χ1n) is 6.27. The molecule has 96 valence electrons. The second-order valence-electron chi connectivity index (χ2n) is 5.15. The molecule has 1 rings (SSSR count). The van der Waals surface area contributed by atoms with E-state index in [1.54, 1.807) is 0 Å². The summed E-state index contributed by atoms with van der Waals surface area (Å²) >= 11 is 4.39. The molecule has 0 aliphatic rings. The van der Waals surface area contributed by atoms with Crippen LogP contribution >= 0.6 is 12.6 Å². The standard InChI is InChI=1S/C15H24OS/c1-10(2)14(9-17)8-16-15-12(4)7-6-11(3)13(15)5/h6-7,10,14,17H,8-9H2,1-5H3. The smallest absolute Gasteiger partial charge is 0.125 e. The molecule has 0 spiro atoms. The summed E-state index contributed by atoms with van der Waals surface area (Å²) in [5.74, 6) is 3.05. The Labute approximate surface area is 111 Å². The van der Waals surface area contributed by atoms with Crippen LogP contribution in [0.4, 0.5) is 0 Å². The third-order valence-electron chi connectivity index (χ3n) is 3.49. The highest BCUT2D eigenvalue weighted by Gasteiger charge is 2.14. The van der Waals surface area contributed by atoms with Crippen molar-refractivity contribution in [3.05, 3.63) is 28.8 Å². The summed E-state index contributed by atoms with van der Waals surface area (Å²) in [5.41, 5.74) is 3.76. The Morgan fingerprint density at radius 3 is 2.24 bits per heavy atom. The van der Waals surface area contributed by atoms with Crippen LogP contribution in [-0.4, -0.2) is 12.4 Å². The van der Waals surface area contributed by atoms with E-state index < -0.39 is 0 Å². The normalized spacial score (nSPS) is 12.9. The van der Waals surface area contributed by atoms with Gasteiger partial charge in [-0.15, -0.1) is 0 Å². The number of rotatable bonds is 5. The van der Waals surface area contributed by atoms with E-state index in [-0.39, 0.29) is 0 Å². The van der Waals surface area contributed by atoms with Crippen LogP contribution in [-0.2, 0) is 0 Å². The highest BCUT2D eigenvalue weighted by Crippen LogP contribution is 2.27. The van der Waals surface area contributed by atoms with Gasteiger partial charge >= 0.3 is 0 Å². The number of thiol groups is 1. The summed E-state index contributed by atoms with van der Waals surface area (Å²) in [4.78, 5) is 0. The molecule has 0 N–H and O–H groups in total. The first kappa shape index (κ1) is 14.4. The number of ether oxygens (including phenoxy) is 1. The van der Waals surface area contributed by atoms with Gasteiger partial charge in [-0.2, -0.15) is 12.6 Å². The molecule has 0 heterocycles. The molecule has 1 aromatic rings. The van der Waals surface area contributed by atoms with Crippen molar-refractivity contribution in [3.63, 3.8) is 0 Å². The van der Waals surface area contributed by atoms with Crippen LogP contribution in [0.25, 0.3) is 0 Å². The summed E-state index contributed by atoms with van der Waals surface area (Å²) in [5, 5.41) is 0. The zero-order valence-electron chi connectivity index (χ0n) is 11.6. The average molecular weight is 252 g/mol. The van der Waals surface area contributed by atoms with Gasteiger partial charge in [-0.25, -0.2) is 0 Å². The molecule has 0 aliphatic heterocycles. The fourth-order valence-electron chi connectivity index (χ4n) is 1.79. The SMILES string of the molecule is Cc1ccc(C)c(OCC(CS)C(C)C)c1C. The van der Waals surface area contributed by atoms with E-state index in [2.05, 4.69) is 59.4 Å². The lowest BCUT2D eigenvalue weighted by atomic mass is 9.99. The molecule has 0 aliphatic carbocycles.